The number of hydrogen-bond donors (Lipinski definition) is 3. The van der Waals surface area contributed by atoms with Crippen molar-refractivity contribution in [2.75, 3.05) is 18.8 Å². The summed E-state index contributed by atoms with van der Waals surface area (Å²) < 4.78 is 0. The number of Topliss-reactive ketones (excluding diaryl/α,β-unsaturated/α-hetero) is 1. The monoisotopic (exact) mass is 376 g/mol. The normalized spacial score (nSPS) is 16.8. The van der Waals surface area contributed by atoms with E-state index in [1.165, 1.54) is 5.56 Å². The van der Waals surface area contributed by atoms with E-state index in [9.17, 15) is 9.59 Å². The molecule has 0 saturated carbocycles. The Bertz CT molecular complexity index is 1020. The third kappa shape index (κ3) is 3.64. The van der Waals surface area contributed by atoms with Crippen LogP contribution in [0.3, 0.4) is 0 Å². The standard InChI is InChI=1S/C22H24N4O2/c1-14-2-4-15(5-3-14)13-26-9-8-20(22(26)28)25-12-21(27)18-11-24-19-7-6-16(23)10-17(18)19/h2-7,10-11,20,24-25H,8-9,12-13,23H2,1H3. The lowest BCUT2D eigenvalue weighted by Gasteiger charge is -2.17. The Kier molecular flexibility index (Phi) is 4.88. The van der Waals surface area contributed by atoms with E-state index in [0.29, 0.717) is 30.8 Å². The maximum atomic E-state index is 12.7. The van der Waals surface area contributed by atoms with Crippen LogP contribution in [-0.2, 0) is 11.3 Å². The number of hydrogen-bond acceptors (Lipinski definition) is 4. The average Bonchev–Trinajstić information content (AvgIpc) is 3.25. The van der Waals surface area contributed by atoms with Gasteiger partial charge in [0.2, 0.25) is 5.91 Å². The van der Waals surface area contributed by atoms with Gasteiger partial charge in [-0.15, -0.1) is 0 Å². The fourth-order valence-electron chi connectivity index (χ4n) is 3.68. The zero-order valence-corrected chi connectivity index (χ0v) is 15.9. The fraction of sp³-hybridized carbons (Fsp3) is 0.273. The number of amides is 1. The number of fused-ring (bicyclic) bond motifs is 1. The van der Waals surface area contributed by atoms with Crippen molar-refractivity contribution in [1.82, 2.24) is 15.2 Å². The van der Waals surface area contributed by atoms with E-state index < -0.39 is 0 Å². The fourth-order valence-corrected chi connectivity index (χ4v) is 3.68. The summed E-state index contributed by atoms with van der Waals surface area (Å²) in [5, 5.41) is 3.95. The highest BCUT2D eigenvalue weighted by atomic mass is 16.2. The Labute approximate surface area is 163 Å². The summed E-state index contributed by atoms with van der Waals surface area (Å²) in [5.41, 5.74) is 10.2. The van der Waals surface area contributed by atoms with Gasteiger partial charge >= 0.3 is 0 Å². The molecule has 1 saturated heterocycles. The van der Waals surface area contributed by atoms with Crippen molar-refractivity contribution >= 4 is 28.3 Å². The van der Waals surface area contributed by atoms with E-state index in [0.717, 1.165) is 16.5 Å². The van der Waals surface area contributed by atoms with E-state index in [1.807, 2.05) is 17.9 Å². The number of nitrogens with two attached hydrogens (primary N) is 1. The molecule has 4 rings (SSSR count). The first-order valence-electron chi connectivity index (χ1n) is 9.49. The SMILES string of the molecule is Cc1ccc(CN2CCC(NCC(=O)c3c[nH]c4ccc(N)cc34)C2=O)cc1. The molecule has 28 heavy (non-hydrogen) atoms. The number of anilines is 1. The maximum Gasteiger partial charge on any atom is 0.240 e. The summed E-state index contributed by atoms with van der Waals surface area (Å²) in [6.45, 7) is 3.47. The number of H-pyrrole nitrogens is 1. The van der Waals surface area contributed by atoms with Crippen molar-refractivity contribution in [1.29, 1.82) is 0 Å². The van der Waals surface area contributed by atoms with E-state index >= 15 is 0 Å². The van der Waals surface area contributed by atoms with E-state index in [2.05, 4.69) is 34.6 Å². The smallest absolute Gasteiger partial charge is 0.240 e. The number of aromatic nitrogens is 1. The van der Waals surface area contributed by atoms with Gasteiger partial charge in [0.05, 0.1) is 12.6 Å². The Morgan fingerprint density at radius 3 is 2.82 bits per heavy atom. The number of rotatable bonds is 6. The summed E-state index contributed by atoms with van der Waals surface area (Å²) in [5.74, 6) is -0.00168. The van der Waals surface area contributed by atoms with Crippen LogP contribution in [0.1, 0.15) is 27.9 Å². The van der Waals surface area contributed by atoms with Gasteiger partial charge in [0.15, 0.2) is 5.78 Å². The van der Waals surface area contributed by atoms with Crippen LogP contribution in [0.15, 0.2) is 48.7 Å². The van der Waals surface area contributed by atoms with Gasteiger partial charge in [-0.05, 0) is 37.1 Å². The minimum Gasteiger partial charge on any atom is -0.399 e. The molecule has 0 spiro atoms. The Morgan fingerprint density at radius 2 is 2.04 bits per heavy atom. The minimum atomic E-state index is -0.315. The molecule has 1 unspecified atom stereocenters. The zero-order chi connectivity index (χ0) is 19.7. The van der Waals surface area contributed by atoms with Gasteiger partial charge in [0.1, 0.15) is 0 Å². The third-order valence-corrected chi connectivity index (χ3v) is 5.31. The third-order valence-electron chi connectivity index (χ3n) is 5.31. The molecule has 1 aliphatic rings. The molecule has 1 aliphatic heterocycles. The number of benzene rings is 2. The summed E-state index contributed by atoms with van der Waals surface area (Å²) >= 11 is 0. The van der Waals surface area contributed by atoms with Gasteiger partial charge in [0, 0.05) is 41.4 Å². The molecule has 2 heterocycles. The molecule has 2 aromatic carbocycles. The van der Waals surface area contributed by atoms with Crippen LogP contribution in [0.2, 0.25) is 0 Å². The summed E-state index contributed by atoms with van der Waals surface area (Å²) in [7, 11) is 0. The maximum absolute atomic E-state index is 12.7. The lowest BCUT2D eigenvalue weighted by Crippen LogP contribution is -2.40. The molecule has 144 valence electrons. The molecule has 3 aromatic rings. The molecular formula is C22H24N4O2. The number of likely N-dealkylation sites (tertiary alicyclic amines) is 1. The van der Waals surface area contributed by atoms with Crippen LogP contribution >= 0.6 is 0 Å². The number of carbonyl (C=O) groups excluding carboxylic acids is 2. The van der Waals surface area contributed by atoms with Crippen LogP contribution < -0.4 is 11.1 Å². The minimum absolute atomic E-state index is 0.0524. The largest absolute Gasteiger partial charge is 0.399 e. The van der Waals surface area contributed by atoms with Gasteiger partial charge in [-0.25, -0.2) is 0 Å². The number of ketones is 1. The van der Waals surface area contributed by atoms with Gasteiger partial charge in [-0.3, -0.25) is 14.9 Å². The number of nitrogens with one attached hydrogen (secondary N) is 2. The number of nitrogens with zero attached hydrogens (tertiary/aromatic N) is 1. The van der Waals surface area contributed by atoms with E-state index in [-0.39, 0.29) is 24.3 Å². The lowest BCUT2D eigenvalue weighted by atomic mass is 10.1. The molecule has 0 aliphatic carbocycles. The van der Waals surface area contributed by atoms with Crippen molar-refractivity contribution in [3.05, 3.63) is 65.4 Å². The molecule has 1 atom stereocenters. The molecule has 6 heteroatoms. The second-order valence-electron chi connectivity index (χ2n) is 7.40. The zero-order valence-electron chi connectivity index (χ0n) is 15.9. The average molecular weight is 376 g/mol. The topological polar surface area (TPSA) is 91.2 Å². The molecule has 1 amide bonds. The first-order valence-corrected chi connectivity index (χ1v) is 9.49. The number of aryl methyl sites for hydroxylation is 1. The van der Waals surface area contributed by atoms with Gasteiger partial charge in [0.25, 0.3) is 0 Å². The molecule has 0 radical (unpaired) electrons. The van der Waals surface area contributed by atoms with Crippen LogP contribution in [0, 0.1) is 6.92 Å². The molecule has 6 nitrogen and oxygen atoms in total. The van der Waals surface area contributed by atoms with Gasteiger partial charge < -0.3 is 15.6 Å². The van der Waals surface area contributed by atoms with Crippen molar-refractivity contribution in [2.24, 2.45) is 0 Å². The van der Waals surface area contributed by atoms with Gasteiger partial charge in [-0.1, -0.05) is 29.8 Å². The molecule has 1 fully saturated rings. The second kappa shape index (κ2) is 7.48. The Morgan fingerprint density at radius 1 is 1.25 bits per heavy atom. The summed E-state index contributed by atoms with van der Waals surface area (Å²) in [4.78, 5) is 30.3. The highest BCUT2D eigenvalue weighted by molar-refractivity contribution is 6.09. The molecule has 1 aromatic heterocycles. The summed E-state index contributed by atoms with van der Waals surface area (Å²) in [6, 6.07) is 13.3. The predicted octanol–water partition coefficient (Wildman–Crippen LogP) is 2.63. The van der Waals surface area contributed by atoms with E-state index in [4.69, 9.17) is 5.73 Å². The molecule has 4 N–H and O–H groups in total. The number of carbonyl (C=O) groups is 2. The highest BCUT2D eigenvalue weighted by Gasteiger charge is 2.31. The first kappa shape index (κ1) is 18.3. The van der Waals surface area contributed by atoms with Crippen molar-refractivity contribution in [3.63, 3.8) is 0 Å². The van der Waals surface area contributed by atoms with Crippen LogP contribution in [0.5, 0.6) is 0 Å². The first-order chi connectivity index (χ1) is 13.5. The lowest BCUT2D eigenvalue weighted by molar-refractivity contribution is -0.129. The van der Waals surface area contributed by atoms with Crippen LogP contribution in [0.25, 0.3) is 10.9 Å². The van der Waals surface area contributed by atoms with E-state index in [1.54, 1.807) is 18.3 Å². The Hall–Kier alpha value is -3.12. The quantitative estimate of drug-likeness (QED) is 0.456. The van der Waals surface area contributed by atoms with Crippen LogP contribution in [0.4, 0.5) is 5.69 Å². The second-order valence-corrected chi connectivity index (χ2v) is 7.40. The van der Waals surface area contributed by atoms with Crippen LogP contribution in [-0.4, -0.2) is 40.7 Å². The predicted molar refractivity (Wildman–Crippen MR) is 110 cm³/mol. The van der Waals surface area contributed by atoms with Gasteiger partial charge in [-0.2, -0.15) is 0 Å². The Balaban J connectivity index is 1.37. The summed E-state index contributed by atoms with van der Waals surface area (Å²) in [6.07, 6.45) is 2.41. The highest BCUT2D eigenvalue weighted by Crippen LogP contribution is 2.21. The van der Waals surface area contributed by atoms with Crippen molar-refractivity contribution in [3.8, 4) is 0 Å². The van der Waals surface area contributed by atoms with Crippen molar-refractivity contribution < 1.29 is 9.59 Å². The number of nitrogen functional groups attached to an aromatic ring is 1. The van der Waals surface area contributed by atoms with Crippen molar-refractivity contribution in [2.45, 2.75) is 25.9 Å². The molecule has 0 bridgehead atoms. The number of aromatic amines is 1. The molecular weight excluding hydrogens is 352 g/mol.